The molecule has 1 heterocycles. The fraction of sp³-hybridized carbons (Fsp3) is 0.333. The van der Waals surface area contributed by atoms with Gasteiger partial charge in [-0.3, -0.25) is 0 Å². The normalized spacial score (nSPS) is 17.6. The van der Waals surface area contributed by atoms with E-state index in [0.717, 1.165) is 12.8 Å². The van der Waals surface area contributed by atoms with Crippen molar-refractivity contribution < 1.29 is 14.2 Å². The van der Waals surface area contributed by atoms with Crippen LogP contribution in [0.2, 0.25) is 0 Å². The van der Waals surface area contributed by atoms with Crippen molar-refractivity contribution in [2.45, 2.75) is 18.9 Å². The summed E-state index contributed by atoms with van der Waals surface area (Å²) in [5, 5.41) is 10.1. The van der Waals surface area contributed by atoms with Gasteiger partial charge in [-0.1, -0.05) is 22.0 Å². The van der Waals surface area contributed by atoms with E-state index in [4.69, 9.17) is 4.74 Å². The number of rotatable bonds is 2. The van der Waals surface area contributed by atoms with Crippen molar-refractivity contribution in [1.29, 1.82) is 0 Å². The Morgan fingerprint density at radius 3 is 2.88 bits per heavy atom. The zero-order valence-corrected chi connectivity index (χ0v) is 10.2. The lowest BCUT2D eigenvalue weighted by Crippen LogP contribution is -2.10. The van der Waals surface area contributed by atoms with E-state index in [1.165, 1.54) is 12.1 Å². The quantitative estimate of drug-likeness (QED) is 0.904. The third-order valence-corrected chi connectivity index (χ3v) is 3.18. The largest absolute Gasteiger partial charge is 0.495 e. The number of aliphatic hydroxyl groups excluding tert-OH is 1. The predicted octanol–water partition coefficient (Wildman–Crippen LogP) is 3.32. The van der Waals surface area contributed by atoms with E-state index in [9.17, 15) is 9.50 Å². The standard InChI is InChI=1S/C12H12BrFO2/c13-10-7-8(14)4-5-9(10)12(15)11-3-1-2-6-16-11/h3-5,7,12,15H,1-2,6H2. The summed E-state index contributed by atoms with van der Waals surface area (Å²) in [5.41, 5.74) is 0.620. The third-order valence-electron chi connectivity index (χ3n) is 2.49. The average Bonchev–Trinajstić information content (AvgIpc) is 2.29. The summed E-state index contributed by atoms with van der Waals surface area (Å²) >= 11 is 3.23. The smallest absolute Gasteiger partial charge is 0.137 e. The van der Waals surface area contributed by atoms with Gasteiger partial charge in [0, 0.05) is 10.0 Å². The van der Waals surface area contributed by atoms with Gasteiger partial charge in [0.15, 0.2) is 0 Å². The lowest BCUT2D eigenvalue weighted by molar-refractivity contribution is 0.0914. The molecule has 1 aliphatic heterocycles. The Labute approximate surface area is 102 Å². The molecule has 1 aliphatic rings. The molecule has 0 saturated carbocycles. The monoisotopic (exact) mass is 286 g/mol. The van der Waals surface area contributed by atoms with Gasteiger partial charge in [0.2, 0.25) is 0 Å². The predicted molar refractivity (Wildman–Crippen MR) is 62.3 cm³/mol. The second-order valence-corrected chi connectivity index (χ2v) is 4.52. The van der Waals surface area contributed by atoms with Gasteiger partial charge in [0.1, 0.15) is 17.7 Å². The van der Waals surface area contributed by atoms with Gasteiger partial charge in [-0.05, 0) is 31.1 Å². The number of allylic oxidation sites excluding steroid dienone is 1. The number of hydrogen-bond donors (Lipinski definition) is 1. The van der Waals surface area contributed by atoms with Crippen molar-refractivity contribution in [2.24, 2.45) is 0 Å². The van der Waals surface area contributed by atoms with Crippen LogP contribution in [0.5, 0.6) is 0 Å². The fourth-order valence-corrected chi connectivity index (χ4v) is 2.21. The average molecular weight is 287 g/mol. The number of benzene rings is 1. The molecule has 1 N–H and O–H groups in total. The zero-order valence-electron chi connectivity index (χ0n) is 8.62. The molecule has 0 saturated heterocycles. The summed E-state index contributed by atoms with van der Waals surface area (Å²) in [5.74, 6) is 0.222. The maximum absolute atomic E-state index is 12.9. The highest BCUT2D eigenvalue weighted by molar-refractivity contribution is 9.10. The molecular formula is C12H12BrFO2. The Hall–Kier alpha value is -0.870. The zero-order chi connectivity index (χ0) is 11.5. The van der Waals surface area contributed by atoms with Crippen molar-refractivity contribution in [3.8, 4) is 0 Å². The molecule has 0 aromatic heterocycles. The molecule has 0 spiro atoms. The fourth-order valence-electron chi connectivity index (χ4n) is 1.64. The molecule has 0 bridgehead atoms. The lowest BCUT2D eigenvalue weighted by Gasteiger charge is -2.20. The van der Waals surface area contributed by atoms with Crippen molar-refractivity contribution in [1.82, 2.24) is 0 Å². The molecule has 4 heteroatoms. The minimum Gasteiger partial charge on any atom is -0.495 e. The van der Waals surface area contributed by atoms with Gasteiger partial charge >= 0.3 is 0 Å². The third kappa shape index (κ3) is 2.44. The first-order valence-electron chi connectivity index (χ1n) is 5.14. The second kappa shape index (κ2) is 4.97. The van der Waals surface area contributed by atoms with Crippen LogP contribution in [-0.4, -0.2) is 11.7 Å². The first-order chi connectivity index (χ1) is 7.68. The SMILES string of the molecule is OC(C1=CCCCO1)c1ccc(F)cc1Br. The van der Waals surface area contributed by atoms with E-state index >= 15 is 0 Å². The van der Waals surface area contributed by atoms with Crippen LogP contribution in [0, 0.1) is 5.82 Å². The van der Waals surface area contributed by atoms with Crippen LogP contribution >= 0.6 is 15.9 Å². The highest BCUT2D eigenvalue weighted by Gasteiger charge is 2.19. The molecule has 16 heavy (non-hydrogen) atoms. The summed E-state index contributed by atoms with van der Waals surface area (Å²) in [6, 6.07) is 4.22. The Bertz CT molecular complexity index is 417. The van der Waals surface area contributed by atoms with E-state index in [2.05, 4.69) is 15.9 Å². The van der Waals surface area contributed by atoms with Crippen LogP contribution in [0.25, 0.3) is 0 Å². The second-order valence-electron chi connectivity index (χ2n) is 3.67. The molecule has 1 atom stereocenters. The van der Waals surface area contributed by atoms with Crippen molar-refractivity contribution >= 4 is 15.9 Å². The molecule has 1 unspecified atom stereocenters. The molecule has 2 rings (SSSR count). The molecule has 0 fully saturated rings. The van der Waals surface area contributed by atoms with Gasteiger partial charge in [-0.2, -0.15) is 0 Å². The van der Waals surface area contributed by atoms with Crippen LogP contribution < -0.4 is 0 Å². The van der Waals surface area contributed by atoms with Crippen LogP contribution in [0.3, 0.4) is 0 Å². The van der Waals surface area contributed by atoms with Gasteiger partial charge < -0.3 is 9.84 Å². The minimum atomic E-state index is -0.824. The van der Waals surface area contributed by atoms with Crippen molar-refractivity contribution in [3.05, 3.63) is 45.9 Å². The van der Waals surface area contributed by atoms with Gasteiger partial charge in [-0.15, -0.1) is 0 Å². The Balaban J connectivity index is 2.26. The number of ether oxygens (including phenoxy) is 1. The molecule has 2 nitrogen and oxygen atoms in total. The van der Waals surface area contributed by atoms with E-state index in [0.29, 0.717) is 22.4 Å². The summed E-state index contributed by atoms with van der Waals surface area (Å²) < 4.78 is 18.8. The summed E-state index contributed by atoms with van der Waals surface area (Å²) in [7, 11) is 0. The van der Waals surface area contributed by atoms with Crippen LogP contribution in [0.4, 0.5) is 4.39 Å². The molecule has 0 amide bonds. The van der Waals surface area contributed by atoms with Crippen molar-refractivity contribution in [2.75, 3.05) is 6.61 Å². The summed E-state index contributed by atoms with van der Waals surface area (Å²) in [6.45, 7) is 0.627. The molecule has 0 aliphatic carbocycles. The number of halogens is 2. The highest BCUT2D eigenvalue weighted by Crippen LogP contribution is 2.31. The maximum Gasteiger partial charge on any atom is 0.137 e. The Morgan fingerprint density at radius 1 is 1.44 bits per heavy atom. The van der Waals surface area contributed by atoms with Crippen LogP contribution in [0.15, 0.2) is 34.5 Å². The molecule has 1 aromatic carbocycles. The van der Waals surface area contributed by atoms with E-state index in [-0.39, 0.29) is 5.82 Å². The van der Waals surface area contributed by atoms with Crippen molar-refractivity contribution in [3.63, 3.8) is 0 Å². The van der Waals surface area contributed by atoms with Crippen LogP contribution in [-0.2, 0) is 4.74 Å². The van der Waals surface area contributed by atoms with Gasteiger partial charge in [0.25, 0.3) is 0 Å². The Kier molecular flexibility index (Phi) is 3.61. The summed E-state index contributed by atoms with van der Waals surface area (Å²) in [6.07, 6.45) is 2.94. The van der Waals surface area contributed by atoms with E-state index in [1.54, 1.807) is 6.07 Å². The molecular weight excluding hydrogens is 275 g/mol. The number of aliphatic hydroxyl groups is 1. The maximum atomic E-state index is 12.9. The van der Waals surface area contributed by atoms with Gasteiger partial charge in [-0.25, -0.2) is 4.39 Å². The molecule has 1 aromatic rings. The lowest BCUT2D eigenvalue weighted by atomic mass is 10.1. The van der Waals surface area contributed by atoms with Crippen LogP contribution in [0.1, 0.15) is 24.5 Å². The van der Waals surface area contributed by atoms with E-state index in [1.807, 2.05) is 6.08 Å². The molecule has 86 valence electrons. The van der Waals surface area contributed by atoms with Gasteiger partial charge in [0.05, 0.1) is 6.61 Å². The highest BCUT2D eigenvalue weighted by atomic mass is 79.9. The number of hydrogen-bond acceptors (Lipinski definition) is 2. The summed E-state index contributed by atoms with van der Waals surface area (Å²) in [4.78, 5) is 0. The topological polar surface area (TPSA) is 29.5 Å². The molecule has 0 radical (unpaired) electrons. The Morgan fingerprint density at radius 2 is 2.25 bits per heavy atom. The minimum absolute atomic E-state index is 0.332. The van der Waals surface area contributed by atoms with E-state index < -0.39 is 6.10 Å². The first kappa shape index (κ1) is 11.6. The first-order valence-corrected chi connectivity index (χ1v) is 5.93.